The number of likely N-dealkylation sites (tertiary alicyclic amines) is 2. The lowest BCUT2D eigenvalue weighted by molar-refractivity contribution is -0.138. The van der Waals surface area contributed by atoms with E-state index in [-0.39, 0.29) is 78.8 Å². The van der Waals surface area contributed by atoms with Crippen molar-refractivity contribution < 1.29 is 75.9 Å². The number of halogens is 3. The number of carbonyl (C=O) groups excluding carboxylic acids is 4. The van der Waals surface area contributed by atoms with E-state index in [9.17, 15) is 57.6 Å². The zero-order valence-electron chi connectivity index (χ0n) is 72.9. The number of nitrogens with one attached hydrogen (secondary N) is 3. The van der Waals surface area contributed by atoms with Crippen LogP contribution in [0.15, 0.2) is 287 Å². The van der Waals surface area contributed by atoms with Crippen molar-refractivity contribution in [2.24, 2.45) is 0 Å². The van der Waals surface area contributed by atoms with Crippen molar-refractivity contribution >= 4 is 121 Å². The molecule has 3 saturated heterocycles. The maximum Gasteiger partial charge on any atom is 0.416 e. The van der Waals surface area contributed by atoms with E-state index in [0.717, 1.165) is 138 Å². The van der Waals surface area contributed by atoms with E-state index in [2.05, 4.69) is 144 Å². The molecule has 2 unspecified atom stereocenters. The summed E-state index contributed by atoms with van der Waals surface area (Å²) in [6.45, 7) is 7.38. The van der Waals surface area contributed by atoms with Gasteiger partial charge in [0.15, 0.2) is 42.1 Å². The molecule has 0 bridgehead atoms. The first-order chi connectivity index (χ1) is 64.6. The van der Waals surface area contributed by atoms with E-state index in [1.165, 1.54) is 49.8 Å². The monoisotopic (exact) mass is 1940 g/mol. The number of aromatic amines is 1. The number of sulfone groups is 2. The summed E-state index contributed by atoms with van der Waals surface area (Å²) in [5.74, 6) is 2.05. The highest BCUT2D eigenvalue weighted by Crippen LogP contribution is 2.45. The van der Waals surface area contributed by atoms with Crippen molar-refractivity contribution in [1.29, 1.82) is 0 Å². The first kappa shape index (κ1) is 94.6. The Morgan fingerprint density at radius 2 is 1.38 bits per heavy atom. The Morgan fingerprint density at radius 1 is 0.657 bits per heavy atom. The molecule has 7 aromatic carbocycles. The minimum atomic E-state index is -4.47. The summed E-state index contributed by atoms with van der Waals surface area (Å²) in [6.07, 6.45) is 10.2. The number of fused-ring (bicyclic) bond motifs is 2. The topological polar surface area (TPSA) is 326 Å². The number of thioether (sulfide) groups is 1. The molecule has 8 aromatic heterocycles. The van der Waals surface area contributed by atoms with Gasteiger partial charge in [0, 0.05) is 100 Å². The molecule has 1 aliphatic carbocycles. The molecule has 4 aliphatic heterocycles. The Kier molecular flexibility index (Phi) is 29.9. The summed E-state index contributed by atoms with van der Waals surface area (Å²) in [6, 6.07) is 70.5. The van der Waals surface area contributed by atoms with E-state index < -0.39 is 57.9 Å². The van der Waals surface area contributed by atoms with Gasteiger partial charge in [0.2, 0.25) is 34.4 Å². The van der Waals surface area contributed by atoms with Gasteiger partial charge in [0.25, 0.3) is 5.91 Å². The van der Waals surface area contributed by atoms with E-state index in [1.54, 1.807) is 108 Å². The van der Waals surface area contributed by atoms with Gasteiger partial charge in [-0.3, -0.25) is 28.8 Å². The van der Waals surface area contributed by atoms with Crippen LogP contribution in [0.2, 0.25) is 0 Å². The number of alkyl halides is 3. The van der Waals surface area contributed by atoms with Crippen molar-refractivity contribution in [3.05, 3.63) is 333 Å². The maximum absolute atomic E-state index is 13.8. The number of rotatable bonds is 24. The molecular weight excluding hydrogens is 1850 g/mol. The van der Waals surface area contributed by atoms with Gasteiger partial charge in [-0.15, -0.1) is 44.2 Å². The standard InChI is InChI=1S/C24H29NO3S.C21H22N2OS.C19H17N3O6S.C18H14F3NO4S2.C16H13N5S2/c1-19-11-13-20(14-12-19)24(15-5-6-16-24)23(26)25-17-7-8-21(25)18-29(27,28)22-9-3-2-4-10-22;24-21(16-23-12-10-17-6-4-5-9-19(17)23)22-13-11-20(25-15-14-22)18-7-2-1-3-8-18;23-19(22-8-14(9-22)29(24,25)10-13-2-1-5-26-13)16-7-15(20-21-16)12-3-4-17-18(6-12)28-11-27-17;19-18(20,21)13-5-3-12(4-6-13)11-28(24,25)22-10-14-7-8-16(27-14)17(23)15-2-1-9-26-15;1-11-2-7-15(23-11)14-8-22-16(20-14)19-12-3-5-13(6-4-12)21-9-17-18-10-21/h2-4,9-14,21H,5-8,15-18H2,1H3;1-10,12,20H,11,13-16H2;1-7,14H,8-11H2,(H,20,21);1-9,22H,10-11H2;2-10H,1H3,(H,19,20). The summed E-state index contributed by atoms with van der Waals surface area (Å²) in [4.78, 5) is 65.3. The molecule has 3 amide bonds. The minimum absolute atomic E-state index is 0.00668. The van der Waals surface area contributed by atoms with Gasteiger partial charge in [-0.2, -0.15) is 30.0 Å². The molecule has 694 valence electrons. The minimum Gasteiger partial charge on any atom is -0.468 e. The molecule has 15 aromatic rings. The highest BCUT2D eigenvalue weighted by atomic mass is 32.2. The van der Waals surface area contributed by atoms with Crippen LogP contribution in [0.1, 0.15) is 119 Å². The third kappa shape index (κ3) is 23.6. The number of anilines is 2. The number of H-pyrrole nitrogens is 1. The molecule has 134 heavy (non-hydrogen) atoms. The van der Waals surface area contributed by atoms with Crippen LogP contribution >= 0.6 is 45.8 Å². The van der Waals surface area contributed by atoms with Crippen LogP contribution in [-0.2, 0) is 75.5 Å². The van der Waals surface area contributed by atoms with E-state index in [0.29, 0.717) is 61.6 Å². The molecular formula is C98H95F3N12O14S7. The average Bonchev–Trinajstić information content (AvgIpc) is 1.54. The number of amides is 3. The highest BCUT2D eigenvalue weighted by Gasteiger charge is 2.48. The molecule has 0 radical (unpaired) electrons. The number of nitrogens with zero attached hydrogens (tertiary/aromatic N) is 9. The summed E-state index contributed by atoms with van der Waals surface area (Å²) in [5, 5.41) is 22.0. The molecule has 3 N–H and O–H groups in total. The van der Waals surface area contributed by atoms with E-state index in [1.807, 2.05) is 80.9 Å². The number of hydrogen-bond acceptors (Lipinski definition) is 23. The van der Waals surface area contributed by atoms with E-state index >= 15 is 0 Å². The summed E-state index contributed by atoms with van der Waals surface area (Å²) in [5.41, 5.74) is 8.41. The van der Waals surface area contributed by atoms with Gasteiger partial charge >= 0.3 is 6.18 Å². The Bertz CT molecular complexity index is 6870. The van der Waals surface area contributed by atoms with Gasteiger partial charge in [-0.05, 0) is 201 Å². The molecule has 4 fully saturated rings. The van der Waals surface area contributed by atoms with Gasteiger partial charge in [0.05, 0.1) is 66.3 Å². The normalized spacial score (nSPS) is 15.9. The number of carbonyl (C=O) groups is 4. The van der Waals surface area contributed by atoms with Gasteiger partial charge in [-0.25, -0.2) is 35.0 Å². The second kappa shape index (κ2) is 42.3. The fourth-order valence-corrected chi connectivity index (χ4v) is 24.6. The fourth-order valence-electron chi connectivity index (χ4n) is 16.4. The van der Waals surface area contributed by atoms with Crippen LogP contribution < -0.4 is 19.5 Å². The zero-order valence-corrected chi connectivity index (χ0v) is 78.6. The first-order valence-corrected chi connectivity index (χ1v) is 51.9. The predicted octanol–water partition coefficient (Wildman–Crippen LogP) is 19.2. The number of benzene rings is 7. The second-order valence-corrected chi connectivity index (χ2v) is 43.5. The number of thiazole rings is 1. The smallest absolute Gasteiger partial charge is 0.416 e. The van der Waals surface area contributed by atoms with Crippen molar-refractivity contribution in [1.82, 2.24) is 53.9 Å². The molecule has 5 aliphatic rings. The van der Waals surface area contributed by atoms with Crippen LogP contribution in [0.5, 0.6) is 11.5 Å². The van der Waals surface area contributed by atoms with Crippen molar-refractivity contribution in [2.75, 3.05) is 56.3 Å². The zero-order chi connectivity index (χ0) is 93.6. The lowest BCUT2D eigenvalue weighted by Crippen LogP contribution is -2.57. The molecule has 1 saturated carbocycles. The fraction of sp³-hybridized carbons (Fsp3) is 0.265. The van der Waals surface area contributed by atoms with Crippen molar-refractivity contribution in [3.8, 4) is 39.0 Å². The molecule has 2 atom stereocenters. The summed E-state index contributed by atoms with van der Waals surface area (Å²) >= 11 is 6.47. The number of thiophene rings is 2. The molecule has 0 spiro atoms. The SMILES string of the molecule is Cc1ccc(-c2csc(Nc3ccc(-n4cnnc4)cc3)n2)s1.Cc1ccc(C2(C(=O)N3CCCC3CS(=O)(=O)c3ccccc3)CCCC2)cc1.O=C(Cn1ccc2ccccc21)N1CCSC(c2ccccc2)CC1.O=C(c1cc(-c2ccc3c(c2)OCO3)n[nH]1)N1CC(S(=O)(=O)Cc2ccco2)C1.O=C(c1ccco1)c1ccc(CNS(=O)(=O)Cc2ccc(C(F)(F)F)cc2)s1. The first-order valence-electron chi connectivity index (χ1n) is 43.3. The number of ether oxygens (including phenoxy) is 2. The van der Waals surface area contributed by atoms with Crippen LogP contribution in [0.3, 0.4) is 0 Å². The number of furan rings is 2. The predicted molar refractivity (Wildman–Crippen MR) is 513 cm³/mol. The van der Waals surface area contributed by atoms with Crippen LogP contribution in [-0.4, -0.2) is 160 Å². The molecule has 20 rings (SSSR count). The number of aryl methyl sites for hydroxylation is 2. The van der Waals surface area contributed by atoms with Gasteiger partial charge in [-0.1, -0.05) is 122 Å². The molecule has 12 heterocycles. The third-order valence-electron chi connectivity index (χ3n) is 23.6. The number of aromatic nitrogens is 7. The largest absolute Gasteiger partial charge is 0.468 e. The van der Waals surface area contributed by atoms with Gasteiger partial charge in [0.1, 0.15) is 36.4 Å². The Balaban J connectivity index is 0.000000122. The maximum atomic E-state index is 13.8. The molecule has 26 nitrogen and oxygen atoms in total. The number of sulfonamides is 1. The third-order valence-corrected chi connectivity index (χ3v) is 32.9. The summed E-state index contributed by atoms with van der Waals surface area (Å²) in [7, 11) is -10.6. The van der Waals surface area contributed by atoms with E-state index in [4.69, 9.17) is 18.3 Å². The van der Waals surface area contributed by atoms with Gasteiger partial charge < -0.3 is 42.9 Å². The lowest BCUT2D eigenvalue weighted by atomic mass is 9.77. The average molecular weight is 1950 g/mol. The lowest BCUT2D eigenvalue weighted by Gasteiger charge is -2.38. The highest BCUT2D eigenvalue weighted by molar-refractivity contribution is 7.99. The number of para-hydroxylation sites is 1. The van der Waals surface area contributed by atoms with Crippen molar-refractivity contribution in [3.63, 3.8) is 0 Å². The second-order valence-electron chi connectivity index (χ2n) is 32.8. The Labute approximate surface area is 789 Å². The molecule has 36 heteroatoms. The van der Waals surface area contributed by atoms with Crippen LogP contribution in [0.4, 0.5) is 24.0 Å². The van der Waals surface area contributed by atoms with Crippen LogP contribution in [0.25, 0.3) is 38.4 Å². The Morgan fingerprint density at radius 3 is 2.10 bits per heavy atom. The number of hydrogen-bond donors (Lipinski definition) is 3. The Hall–Kier alpha value is -12.6. The number of ketones is 1. The quantitative estimate of drug-likeness (QED) is 0.0473. The van der Waals surface area contributed by atoms with Crippen LogP contribution in [0, 0.1) is 13.8 Å². The summed E-state index contributed by atoms with van der Waals surface area (Å²) < 4.78 is 140. The van der Waals surface area contributed by atoms with Crippen molar-refractivity contribution in [2.45, 2.75) is 116 Å².